The van der Waals surface area contributed by atoms with Gasteiger partial charge in [0.25, 0.3) is 0 Å². The van der Waals surface area contributed by atoms with Crippen molar-refractivity contribution in [1.82, 2.24) is 5.32 Å². The Labute approximate surface area is 129 Å². The molecule has 0 heterocycles. The molecule has 7 heteroatoms. The molecule has 6 N–H and O–H groups in total. The monoisotopic (exact) mass is 309 g/mol. The van der Waals surface area contributed by atoms with Crippen molar-refractivity contribution < 1.29 is 19.4 Å². The molecule has 1 rings (SSSR count). The molecule has 0 aromatic heterocycles. The first kappa shape index (κ1) is 17.9. The number of unbranched alkanes of at least 4 members (excludes halogenated alkanes) is 1. The summed E-state index contributed by atoms with van der Waals surface area (Å²) in [5.41, 5.74) is 11.5. The van der Waals surface area contributed by atoms with E-state index >= 15 is 0 Å². The number of alkyl carbamates (subject to hydrolysis) is 1. The lowest BCUT2D eigenvalue weighted by Gasteiger charge is -2.15. The number of benzene rings is 1. The van der Waals surface area contributed by atoms with Crippen LogP contribution in [-0.4, -0.2) is 35.8 Å². The first-order chi connectivity index (χ1) is 10.5. The number of nitrogens with two attached hydrogens (primary N) is 2. The van der Waals surface area contributed by atoms with Gasteiger partial charge in [0.2, 0.25) is 5.91 Å². The van der Waals surface area contributed by atoms with E-state index in [-0.39, 0.29) is 6.61 Å². The van der Waals surface area contributed by atoms with E-state index in [1.807, 2.05) is 30.3 Å². The van der Waals surface area contributed by atoms with Crippen molar-refractivity contribution in [2.24, 2.45) is 11.5 Å². The molecule has 7 nitrogen and oxygen atoms in total. The molecule has 22 heavy (non-hydrogen) atoms. The number of ether oxygens (including phenoxy) is 1. The fourth-order valence-electron chi connectivity index (χ4n) is 1.84. The van der Waals surface area contributed by atoms with Crippen molar-refractivity contribution in [2.45, 2.75) is 38.0 Å². The van der Waals surface area contributed by atoms with Gasteiger partial charge in [-0.15, -0.1) is 0 Å². The van der Waals surface area contributed by atoms with Crippen LogP contribution >= 0.6 is 0 Å². The van der Waals surface area contributed by atoms with Gasteiger partial charge < -0.3 is 26.6 Å². The van der Waals surface area contributed by atoms with Gasteiger partial charge in [-0.05, 0) is 18.4 Å². The highest BCUT2D eigenvalue weighted by atomic mass is 16.5. The largest absolute Gasteiger partial charge is 0.445 e. The van der Waals surface area contributed by atoms with E-state index in [9.17, 15) is 14.7 Å². The van der Waals surface area contributed by atoms with Crippen molar-refractivity contribution in [3.63, 3.8) is 0 Å². The maximum absolute atomic E-state index is 11.5. The summed E-state index contributed by atoms with van der Waals surface area (Å²) in [6, 6.07) is 8.71. The second-order valence-electron chi connectivity index (χ2n) is 5.00. The molecule has 0 spiro atoms. The number of nitrogens with one attached hydrogen (secondary N) is 1. The third kappa shape index (κ3) is 7.05. The van der Waals surface area contributed by atoms with Crippen molar-refractivity contribution >= 4 is 12.0 Å². The lowest BCUT2D eigenvalue weighted by Crippen LogP contribution is -2.44. The van der Waals surface area contributed by atoms with E-state index in [2.05, 4.69) is 5.32 Å². The lowest BCUT2D eigenvalue weighted by molar-refractivity contribution is -0.127. The second kappa shape index (κ2) is 9.75. The quantitative estimate of drug-likeness (QED) is 0.486. The van der Waals surface area contributed by atoms with Crippen LogP contribution < -0.4 is 16.8 Å². The van der Waals surface area contributed by atoms with E-state index in [1.54, 1.807) is 0 Å². The molecule has 0 saturated heterocycles. The molecule has 0 aliphatic heterocycles. The van der Waals surface area contributed by atoms with Crippen LogP contribution in [0.2, 0.25) is 0 Å². The average Bonchev–Trinajstić information content (AvgIpc) is 2.52. The zero-order chi connectivity index (χ0) is 16.4. The first-order valence-electron chi connectivity index (χ1n) is 7.18. The predicted molar refractivity (Wildman–Crippen MR) is 81.7 cm³/mol. The molecule has 0 bridgehead atoms. The molecule has 122 valence electrons. The minimum atomic E-state index is -1.33. The van der Waals surface area contributed by atoms with Gasteiger partial charge >= 0.3 is 6.09 Å². The number of rotatable bonds is 9. The Balaban J connectivity index is 2.07. The molecule has 1 aromatic carbocycles. The molecule has 0 fully saturated rings. The van der Waals surface area contributed by atoms with Crippen LogP contribution in [0.25, 0.3) is 0 Å². The summed E-state index contributed by atoms with van der Waals surface area (Å²) in [6.07, 6.45) is -0.0382. The van der Waals surface area contributed by atoms with Gasteiger partial charge in [0.05, 0.1) is 0 Å². The van der Waals surface area contributed by atoms with Crippen LogP contribution in [0.5, 0.6) is 0 Å². The Morgan fingerprint density at radius 1 is 1.23 bits per heavy atom. The Morgan fingerprint density at radius 3 is 2.55 bits per heavy atom. The minimum absolute atomic E-state index is 0.225. The third-order valence-corrected chi connectivity index (χ3v) is 3.14. The summed E-state index contributed by atoms with van der Waals surface area (Å²) < 4.78 is 5.05. The molecule has 1 aromatic rings. The van der Waals surface area contributed by atoms with Gasteiger partial charge in [0.1, 0.15) is 12.7 Å². The van der Waals surface area contributed by atoms with Crippen LogP contribution in [0.3, 0.4) is 0 Å². The maximum atomic E-state index is 11.5. The number of hydrogen-bond donors (Lipinski definition) is 4. The summed E-state index contributed by atoms with van der Waals surface area (Å²) >= 11 is 0. The Hall–Kier alpha value is -2.12. The molecule has 0 aliphatic rings. The van der Waals surface area contributed by atoms with Crippen molar-refractivity contribution in [1.29, 1.82) is 0 Å². The molecule has 2 atom stereocenters. The standard InChI is InChI=1S/C15H23N3O4/c16-12(13(19)14(17)20)8-4-5-9-18-15(21)22-10-11-6-2-1-3-7-11/h1-3,6-7,12-13,19H,4-5,8-10,16H2,(H2,17,20)(H,18,21)/t12-,13?/m0/s1. The number of aliphatic hydroxyl groups is 1. The summed E-state index contributed by atoms with van der Waals surface area (Å²) in [5, 5.41) is 12.0. The van der Waals surface area contributed by atoms with Gasteiger partial charge in [0, 0.05) is 12.6 Å². The van der Waals surface area contributed by atoms with Crippen LogP contribution in [0.4, 0.5) is 4.79 Å². The van der Waals surface area contributed by atoms with E-state index < -0.39 is 24.1 Å². The van der Waals surface area contributed by atoms with E-state index in [0.717, 1.165) is 5.56 Å². The number of carbonyl (C=O) groups excluding carboxylic acids is 2. The number of amides is 2. The first-order valence-corrected chi connectivity index (χ1v) is 7.18. The zero-order valence-electron chi connectivity index (χ0n) is 12.4. The zero-order valence-corrected chi connectivity index (χ0v) is 12.4. The Bertz CT molecular complexity index is 467. The highest BCUT2D eigenvalue weighted by molar-refractivity contribution is 5.79. The van der Waals surface area contributed by atoms with E-state index in [1.165, 1.54) is 0 Å². The number of primary amides is 1. The number of hydrogen-bond acceptors (Lipinski definition) is 5. The summed E-state index contributed by atoms with van der Waals surface area (Å²) in [5.74, 6) is -0.824. The summed E-state index contributed by atoms with van der Waals surface area (Å²) in [7, 11) is 0. The van der Waals surface area contributed by atoms with E-state index in [0.29, 0.717) is 25.8 Å². The van der Waals surface area contributed by atoms with Crippen LogP contribution in [0.15, 0.2) is 30.3 Å². The average molecular weight is 309 g/mol. The lowest BCUT2D eigenvalue weighted by atomic mass is 10.0. The van der Waals surface area contributed by atoms with Gasteiger partial charge in [-0.1, -0.05) is 36.8 Å². The van der Waals surface area contributed by atoms with Crippen LogP contribution in [0, 0.1) is 0 Å². The number of carbonyl (C=O) groups is 2. The fourth-order valence-corrected chi connectivity index (χ4v) is 1.84. The van der Waals surface area contributed by atoms with Crippen molar-refractivity contribution in [3.8, 4) is 0 Å². The summed E-state index contributed by atoms with van der Waals surface area (Å²) in [6.45, 7) is 0.662. The molecule has 1 unspecified atom stereocenters. The van der Waals surface area contributed by atoms with Crippen LogP contribution in [-0.2, 0) is 16.1 Å². The fraction of sp³-hybridized carbons (Fsp3) is 0.467. The Kier molecular flexibility index (Phi) is 7.95. The maximum Gasteiger partial charge on any atom is 0.407 e. The van der Waals surface area contributed by atoms with Gasteiger partial charge in [0.15, 0.2) is 0 Å². The van der Waals surface area contributed by atoms with E-state index in [4.69, 9.17) is 16.2 Å². The minimum Gasteiger partial charge on any atom is -0.445 e. The van der Waals surface area contributed by atoms with Gasteiger partial charge in [-0.3, -0.25) is 4.79 Å². The predicted octanol–water partition coefficient (Wildman–Crippen LogP) is 0.257. The van der Waals surface area contributed by atoms with Crippen molar-refractivity contribution in [2.75, 3.05) is 6.54 Å². The molecular formula is C15H23N3O4. The smallest absolute Gasteiger partial charge is 0.407 e. The van der Waals surface area contributed by atoms with Crippen LogP contribution in [0.1, 0.15) is 24.8 Å². The molecule has 0 saturated carbocycles. The Morgan fingerprint density at radius 2 is 1.91 bits per heavy atom. The molecular weight excluding hydrogens is 286 g/mol. The third-order valence-electron chi connectivity index (χ3n) is 3.14. The van der Waals surface area contributed by atoms with Gasteiger partial charge in [-0.25, -0.2) is 4.79 Å². The normalized spacial score (nSPS) is 13.2. The van der Waals surface area contributed by atoms with Crippen molar-refractivity contribution in [3.05, 3.63) is 35.9 Å². The SMILES string of the molecule is NC(=O)C(O)[C@@H](N)CCCCNC(=O)OCc1ccccc1. The molecule has 2 amide bonds. The second-order valence-corrected chi connectivity index (χ2v) is 5.00. The number of aliphatic hydroxyl groups excluding tert-OH is 1. The van der Waals surface area contributed by atoms with Gasteiger partial charge in [-0.2, -0.15) is 0 Å². The molecule has 0 radical (unpaired) electrons. The highest BCUT2D eigenvalue weighted by Crippen LogP contribution is 2.03. The topological polar surface area (TPSA) is 128 Å². The molecule has 0 aliphatic carbocycles. The highest BCUT2D eigenvalue weighted by Gasteiger charge is 2.19. The summed E-state index contributed by atoms with van der Waals surface area (Å²) in [4.78, 5) is 22.2.